The fourth-order valence-corrected chi connectivity index (χ4v) is 3.98. The van der Waals surface area contributed by atoms with Crippen molar-refractivity contribution in [3.63, 3.8) is 0 Å². The van der Waals surface area contributed by atoms with E-state index in [2.05, 4.69) is 20.6 Å². The van der Waals surface area contributed by atoms with Crippen LogP contribution in [0.3, 0.4) is 0 Å². The highest BCUT2D eigenvalue weighted by atomic mass is 19.4. The van der Waals surface area contributed by atoms with Gasteiger partial charge in [-0.1, -0.05) is 24.3 Å². The lowest BCUT2D eigenvalue weighted by Crippen LogP contribution is -2.47. The first-order valence-electron chi connectivity index (χ1n) is 11.3. The number of carbonyl (C=O) groups is 3. The predicted molar refractivity (Wildman–Crippen MR) is 124 cm³/mol. The number of alkyl halides is 3. The number of nitrogens with one attached hydrogen (secondary N) is 2. The number of piperidine rings is 1. The van der Waals surface area contributed by atoms with Gasteiger partial charge in [-0.15, -0.1) is 0 Å². The van der Waals surface area contributed by atoms with E-state index in [-0.39, 0.29) is 30.2 Å². The van der Waals surface area contributed by atoms with E-state index >= 15 is 0 Å². The normalized spacial score (nSPS) is 14.2. The molecule has 0 spiro atoms. The Balaban J connectivity index is 1.39. The Labute approximate surface area is 208 Å². The van der Waals surface area contributed by atoms with E-state index in [1.807, 2.05) is 0 Å². The highest BCUT2D eigenvalue weighted by Gasteiger charge is 2.36. The van der Waals surface area contributed by atoms with Crippen LogP contribution >= 0.6 is 0 Å². The van der Waals surface area contributed by atoms with E-state index < -0.39 is 46.9 Å². The predicted octanol–water partition coefficient (Wildman–Crippen LogP) is 3.92. The fourth-order valence-electron chi connectivity index (χ4n) is 3.98. The van der Waals surface area contributed by atoms with E-state index in [9.17, 15) is 31.9 Å². The Morgan fingerprint density at radius 3 is 2.16 bits per heavy atom. The molecule has 2 N–H and O–H groups in total. The number of carbonyl (C=O) groups excluding carboxylic acids is 3. The molecule has 0 atom stereocenters. The first-order chi connectivity index (χ1) is 17.6. The van der Waals surface area contributed by atoms with Gasteiger partial charge in [0.15, 0.2) is 11.5 Å². The quantitative estimate of drug-likeness (QED) is 0.502. The Morgan fingerprint density at radius 2 is 1.49 bits per heavy atom. The monoisotopic (exact) mass is 515 g/mol. The second kappa shape index (κ2) is 10.7. The molecule has 2 aromatic carbocycles. The van der Waals surface area contributed by atoms with Crippen molar-refractivity contribution in [2.45, 2.75) is 25.1 Å². The average molecular weight is 515 g/mol. The molecule has 12 heteroatoms. The molecule has 0 saturated carbocycles. The fraction of sp³-hybridized carbons (Fsp3) is 0.240. The Kier molecular flexibility index (Phi) is 7.46. The van der Waals surface area contributed by atoms with Gasteiger partial charge in [0.1, 0.15) is 5.82 Å². The van der Waals surface area contributed by atoms with E-state index in [1.54, 1.807) is 0 Å². The number of likely N-dealkylation sites (tertiary alicyclic amines) is 1. The molecule has 1 aromatic heterocycles. The number of hydrogen-bond acceptors (Lipinski definition) is 5. The minimum absolute atomic E-state index is 0.132. The van der Waals surface area contributed by atoms with Gasteiger partial charge < -0.3 is 15.5 Å². The standard InChI is InChI=1S/C25H21F4N5O3/c26-19-8-4-2-6-17(19)22(35)33-21-20(30-11-12-31-21)23(36)32-15-9-13-34(14-10-15)24(37)16-5-1-3-7-18(16)25(27,28)29/h1-8,11-12,15H,9-10,13-14H2,(H,32,36)(H,31,33,35). The number of halogens is 4. The van der Waals surface area contributed by atoms with Crippen molar-refractivity contribution in [2.24, 2.45) is 0 Å². The van der Waals surface area contributed by atoms with Gasteiger partial charge >= 0.3 is 6.18 Å². The zero-order valence-corrected chi connectivity index (χ0v) is 19.3. The van der Waals surface area contributed by atoms with Gasteiger partial charge in [-0.25, -0.2) is 14.4 Å². The summed E-state index contributed by atoms with van der Waals surface area (Å²) in [5.74, 6) is -3.09. The number of anilines is 1. The maximum Gasteiger partial charge on any atom is 0.417 e. The Bertz CT molecular complexity index is 1320. The van der Waals surface area contributed by atoms with Crippen LogP contribution in [0.5, 0.6) is 0 Å². The van der Waals surface area contributed by atoms with Gasteiger partial charge in [0.2, 0.25) is 0 Å². The molecule has 4 rings (SSSR count). The van der Waals surface area contributed by atoms with Crippen molar-refractivity contribution < 1.29 is 31.9 Å². The third-order valence-corrected chi connectivity index (χ3v) is 5.84. The zero-order valence-electron chi connectivity index (χ0n) is 19.3. The van der Waals surface area contributed by atoms with Crippen LogP contribution in [0.2, 0.25) is 0 Å². The molecule has 3 amide bonds. The molecular weight excluding hydrogens is 494 g/mol. The van der Waals surface area contributed by atoms with Gasteiger partial charge in [-0.3, -0.25) is 14.4 Å². The molecule has 1 aliphatic heterocycles. The molecule has 1 aliphatic rings. The number of hydrogen-bond donors (Lipinski definition) is 2. The van der Waals surface area contributed by atoms with Crippen LogP contribution in [0, 0.1) is 5.82 Å². The van der Waals surface area contributed by atoms with Crippen LogP contribution in [0.4, 0.5) is 23.4 Å². The summed E-state index contributed by atoms with van der Waals surface area (Å²) in [5.41, 5.74) is -1.84. The SMILES string of the molecule is O=C(Nc1nccnc1C(=O)NC1CCN(C(=O)c2ccccc2C(F)(F)F)CC1)c1ccccc1F. The Morgan fingerprint density at radius 1 is 0.865 bits per heavy atom. The summed E-state index contributed by atoms with van der Waals surface area (Å²) in [6.07, 6.45) is -1.55. The molecule has 0 unspecified atom stereocenters. The van der Waals surface area contributed by atoms with E-state index in [0.29, 0.717) is 12.8 Å². The maximum atomic E-state index is 13.9. The molecule has 2 heterocycles. The molecule has 0 radical (unpaired) electrons. The van der Waals surface area contributed by atoms with Crippen molar-refractivity contribution in [1.82, 2.24) is 20.2 Å². The minimum atomic E-state index is -4.66. The van der Waals surface area contributed by atoms with Crippen molar-refractivity contribution in [1.29, 1.82) is 0 Å². The molecule has 37 heavy (non-hydrogen) atoms. The molecule has 3 aromatic rings. The van der Waals surface area contributed by atoms with Crippen molar-refractivity contribution in [2.75, 3.05) is 18.4 Å². The van der Waals surface area contributed by atoms with E-state index in [1.165, 1.54) is 47.6 Å². The Hall–Kier alpha value is -4.35. The minimum Gasteiger partial charge on any atom is -0.348 e. The summed E-state index contributed by atoms with van der Waals surface area (Å²) in [5, 5.41) is 5.14. The average Bonchev–Trinajstić information content (AvgIpc) is 2.88. The number of benzene rings is 2. The number of nitrogens with zero attached hydrogens (tertiary/aromatic N) is 3. The molecule has 8 nitrogen and oxygen atoms in total. The summed E-state index contributed by atoms with van der Waals surface area (Å²) in [4.78, 5) is 47.3. The third kappa shape index (κ3) is 5.90. The summed E-state index contributed by atoms with van der Waals surface area (Å²) >= 11 is 0. The molecule has 0 aliphatic carbocycles. The first kappa shape index (κ1) is 25.7. The van der Waals surface area contributed by atoms with Crippen LogP contribution in [-0.4, -0.2) is 51.7 Å². The van der Waals surface area contributed by atoms with Crippen molar-refractivity contribution in [3.05, 3.63) is 89.1 Å². The van der Waals surface area contributed by atoms with Gasteiger partial charge in [-0.05, 0) is 37.1 Å². The van der Waals surface area contributed by atoms with Crippen LogP contribution in [0.25, 0.3) is 0 Å². The molecular formula is C25H21F4N5O3. The zero-order chi connectivity index (χ0) is 26.6. The maximum absolute atomic E-state index is 13.9. The van der Waals surface area contributed by atoms with Gasteiger partial charge in [0.25, 0.3) is 17.7 Å². The smallest absolute Gasteiger partial charge is 0.348 e. The molecule has 0 bridgehead atoms. The third-order valence-electron chi connectivity index (χ3n) is 5.84. The number of rotatable bonds is 5. The van der Waals surface area contributed by atoms with Crippen LogP contribution in [0.1, 0.15) is 49.6 Å². The van der Waals surface area contributed by atoms with Gasteiger partial charge in [0, 0.05) is 31.5 Å². The van der Waals surface area contributed by atoms with Crippen LogP contribution in [0.15, 0.2) is 60.9 Å². The van der Waals surface area contributed by atoms with Crippen LogP contribution in [-0.2, 0) is 6.18 Å². The lowest BCUT2D eigenvalue weighted by atomic mass is 10.0. The summed E-state index contributed by atoms with van der Waals surface area (Å²) in [6, 6.07) is 9.53. The van der Waals surface area contributed by atoms with Gasteiger partial charge in [-0.2, -0.15) is 13.2 Å². The molecule has 1 fully saturated rings. The highest BCUT2D eigenvalue weighted by Crippen LogP contribution is 2.32. The number of aromatic nitrogens is 2. The lowest BCUT2D eigenvalue weighted by molar-refractivity contribution is -0.138. The highest BCUT2D eigenvalue weighted by molar-refractivity contribution is 6.07. The summed E-state index contributed by atoms with van der Waals surface area (Å²) < 4.78 is 53.8. The first-order valence-corrected chi connectivity index (χ1v) is 11.3. The lowest BCUT2D eigenvalue weighted by Gasteiger charge is -2.33. The topological polar surface area (TPSA) is 104 Å². The van der Waals surface area contributed by atoms with Crippen LogP contribution < -0.4 is 10.6 Å². The van der Waals surface area contributed by atoms with Crippen molar-refractivity contribution >= 4 is 23.5 Å². The second-order valence-electron chi connectivity index (χ2n) is 8.27. The number of amides is 3. The van der Waals surface area contributed by atoms with Gasteiger partial charge in [0.05, 0.1) is 16.7 Å². The van der Waals surface area contributed by atoms with E-state index in [0.717, 1.165) is 18.2 Å². The molecule has 192 valence electrons. The van der Waals surface area contributed by atoms with E-state index in [4.69, 9.17) is 0 Å². The largest absolute Gasteiger partial charge is 0.417 e. The molecule has 1 saturated heterocycles. The second-order valence-corrected chi connectivity index (χ2v) is 8.27. The summed E-state index contributed by atoms with van der Waals surface area (Å²) in [7, 11) is 0. The van der Waals surface area contributed by atoms with Crippen molar-refractivity contribution in [3.8, 4) is 0 Å². The summed E-state index contributed by atoms with van der Waals surface area (Å²) in [6.45, 7) is 0.265.